The van der Waals surface area contributed by atoms with Gasteiger partial charge in [-0.05, 0) is 35.6 Å². The maximum atomic E-state index is 10.1. The Balaban J connectivity index is 2.01. The van der Waals surface area contributed by atoms with Crippen LogP contribution in [0.25, 0.3) is 10.8 Å². The summed E-state index contributed by atoms with van der Waals surface area (Å²) in [5, 5.41) is 2.67. The van der Waals surface area contributed by atoms with Gasteiger partial charge >= 0.3 is 0 Å². The maximum Gasteiger partial charge on any atom is 0.198 e. The van der Waals surface area contributed by atoms with E-state index in [1.807, 2.05) is 6.29 Å². The van der Waals surface area contributed by atoms with Crippen molar-refractivity contribution in [3.63, 3.8) is 0 Å². The Hall–Kier alpha value is -1.63. The topological polar surface area (TPSA) is 17.1 Å². The summed E-state index contributed by atoms with van der Waals surface area (Å²) in [7, 11) is 0. The molecule has 0 atom stereocenters. The summed E-state index contributed by atoms with van der Waals surface area (Å²) < 4.78 is 0. The molecular weight excluding hydrogens is 208 g/mol. The summed E-state index contributed by atoms with van der Waals surface area (Å²) in [6, 6.07) is 15.0. The lowest BCUT2D eigenvalue weighted by Gasteiger charge is -2.05. The van der Waals surface area contributed by atoms with E-state index in [1.54, 1.807) is 0 Å². The molecule has 0 N–H and O–H groups in total. The van der Waals surface area contributed by atoms with E-state index < -0.39 is 0 Å². The average molecular weight is 225 g/mol. The van der Waals surface area contributed by atoms with Gasteiger partial charge in [0.1, 0.15) is 0 Å². The molecular formula is C16H17O. The van der Waals surface area contributed by atoms with Crippen molar-refractivity contribution < 1.29 is 4.79 Å². The second-order valence-electron chi connectivity index (χ2n) is 4.34. The number of fused-ring (bicyclic) bond motifs is 1. The quantitative estimate of drug-likeness (QED) is 0.678. The zero-order chi connectivity index (χ0) is 11.9. The van der Waals surface area contributed by atoms with Crippen LogP contribution in [0.5, 0.6) is 0 Å². The molecule has 2 aromatic rings. The third-order valence-electron chi connectivity index (χ3n) is 3.10. The van der Waals surface area contributed by atoms with Crippen LogP contribution in [0.1, 0.15) is 31.2 Å². The third-order valence-corrected chi connectivity index (χ3v) is 3.10. The van der Waals surface area contributed by atoms with Crippen molar-refractivity contribution in [1.82, 2.24) is 0 Å². The van der Waals surface area contributed by atoms with E-state index in [2.05, 4.69) is 42.5 Å². The second-order valence-corrected chi connectivity index (χ2v) is 4.34. The summed E-state index contributed by atoms with van der Waals surface area (Å²) >= 11 is 0. The minimum atomic E-state index is 0.579. The number of unbranched alkanes of at least 4 members (excludes halogenated alkanes) is 3. The van der Waals surface area contributed by atoms with Crippen molar-refractivity contribution in [2.45, 2.75) is 32.1 Å². The molecule has 0 fully saturated rings. The van der Waals surface area contributed by atoms with E-state index in [-0.39, 0.29) is 0 Å². The van der Waals surface area contributed by atoms with Gasteiger partial charge < -0.3 is 0 Å². The van der Waals surface area contributed by atoms with Crippen molar-refractivity contribution in [2.24, 2.45) is 0 Å². The molecule has 0 amide bonds. The highest BCUT2D eigenvalue weighted by molar-refractivity contribution is 5.85. The zero-order valence-corrected chi connectivity index (χ0v) is 9.99. The van der Waals surface area contributed by atoms with Crippen LogP contribution in [0.15, 0.2) is 42.5 Å². The Bertz CT molecular complexity index is 482. The first-order valence-corrected chi connectivity index (χ1v) is 6.23. The van der Waals surface area contributed by atoms with Gasteiger partial charge in [0.15, 0.2) is 6.29 Å². The van der Waals surface area contributed by atoms with E-state index in [0.29, 0.717) is 6.42 Å². The number of carbonyl (C=O) groups excluding carboxylic acids is 1. The van der Waals surface area contributed by atoms with Gasteiger partial charge in [-0.25, -0.2) is 0 Å². The van der Waals surface area contributed by atoms with Crippen LogP contribution in [0.3, 0.4) is 0 Å². The van der Waals surface area contributed by atoms with E-state index in [0.717, 1.165) is 25.7 Å². The molecule has 0 aliphatic heterocycles. The summed E-state index contributed by atoms with van der Waals surface area (Å²) in [6.07, 6.45) is 6.85. The lowest BCUT2D eigenvalue weighted by molar-refractivity contribution is 0.545. The standard InChI is InChI=1S/C16H17O/c17-13-6-2-1-3-8-14-10-7-11-15-9-4-5-12-16(14)15/h4-5,7,9-12H,1-3,6,8H2. The molecule has 0 saturated heterocycles. The lowest BCUT2D eigenvalue weighted by Crippen LogP contribution is -1.88. The highest BCUT2D eigenvalue weighted by atomic mass is 16.1. The molecule has 0 saturated carbocycles. The number of rotatable bonds is 6. The molecule has 1 heteroatoms. The monoisotopic (exact) mass is 225 g/mol. The molecule has 0 bridgehead atoms. The summed E-state index contributed by atoms with van der Waals surface area (Å²) in [6.45, 7) is 0. The minimum Gasteiger partial charge on any atom is -0.291 e. The molecule has 1 radical (unpaired) electrons. The fraction of sp³-hybridized carbons (Fsp3) is 0.312. The van der Waals surface area contributed by atoms with Gasteiger partial charge in [0.25, 0.3) is 0 Å². The molecule has 0 aromatic heterocycles. The van der Waals surface area contributed by atoms with Crippen molar-refractivity contribution in [3.8, 4) is 0 Å². The Labute approximate surface area is 102 Å². The van der Waals surface area contributed by atoms with Gasteiger partial charge in [-0.1, -0.05) is 48.9 Å². The van der Waals surface area contributed by atoms with Crippen LogP contribution in [0.4, 0.5) is 0 Å². The highest BCUT2D eigenvalue weighted by Gasteiger charge is 1.99. The largest absolute Gasteiger partial charge is 0.291 e. The first-order valence-electron chi connectivity index (χ1n) is 6.23. The van der Waals surface area contributed by atoms with E-state index >= 15 is 0 Å². The summed E-state index contributed by atoms with van der Waals surface area (Å²) in [5.41, 5.74) is 1.41. The normalized spacial score (nSPS) is 10.6. The van der Waals surface area contributed by atoms with Gasteiger partial charge in [0, 0.05) is 6.42 Å². The zero-order valence-electron chi connectivity index (χ0n) is 9.99. The minimum absolute atomic E-state index is 0.579. The summed E-state index contributed by atoms with van der Waals surface area (Å²) in [4.78, 5) is 10.1. The smallest absolute Gasteiger partial charge is 0.198 e. The predicted octanol–water partition coefficient (Wildman–Crippen LogP) is 4.05. The van der Waals surface area contributed by atoms with Gasteiger partial charge in [-0.15, -0.1) is 0 Å². The summed E-state index contributed by atoms with van der Waals surface area (Å²) in [5.74, 6) is 0. The molecule has 0 unspecified atom stereocenters. The Morgan fingerprint density at radius 3 is 2.59 bits per heavy atom. The van der Waals surface area contributed by atoms with E-state index in [9.17, 15) is 4.79 Å². The van der Waals surface area contributed by atoms with Crippen LogP contribution >= 0.6 is 0 Å². The van der Waals surface area contributed by atoms with Crippen molar-refractivity contribution in [1.29, 1.82) is 0 Å². The number of benzene rings is 2. The first-order chi connectivity index (χ1) is 8.42. The number of aryl methyl sites for hydroxylation is 1. The molecule has 0 spiro atoms. The highest BCUT2D eigenvalue weighted by Crippen LogP contribution is 2.20. The lowest BCUT2D eigenvalue weighted by atomic mass is 9.99. The number of hydrogen-bond acceptors (Lipinski definition) is 1. The van der Waals surface area contributed by atoms with Gasteiger partial charge in [0.05, 0.1) is 0 Å². The average Bonchev–Trinajstić information content (AvgIpc) is 2.39. The first kappa shape index (κ1) is 11.8. The molecule has 17 heavy (non-hydrogen) atoms. The molecule has 0 heterocycles. The Morgan fingerprint density at radius 2 is 1.71 bits per heavy atom. The number of hydrogen-bond donors (Lipinski definition) is 0. The second kappa shape index (κ2) is 6.19. The predicted molar refractivity (Wildman–Crippen MR) is 71.8 cm³/mol. The van der Waals surface area contributed by atoms with Crippen LogP contribution in [-0.2, 0) is 11.2 Å². The van der Waals surface area contributed by atoms with Gasteiger partial charge in [0.2, 0.25) is 0 Å². The molecule has 0 aliphatic carbocycles. The molecule has 87 valence electrons. The van der Waals surface area contributed by atoms with Crippen LogP contribution < -0.4 is 0 Å². The van der Waals surface area contributed by atoms with E-state index in [1.165, 1.54) is 16.3 Å². The SMILES string of the molecule is O=[C]CCCCCc1cccc2ccccc12. The fourth-order valence-corrected chi connectivity index (χ4v) is 2.20. The van der Waals surface area contributed by atoms with Gasteiger partial charge in [-0.3, -0.25) is 4.79 Å². The maximum absolute atomic E-state index is 10.1. The third kappa shape index (κ3) is 3.16. The van der Waals surface area contributed by atoms with E-state index in [4.69, 9.17) is 0 Å². The molecule has 2 aromatic carbocycles. The Morgan fingerprint density at radius 1 is 0.882 bits per heavy atom. The van der Waals surface area contributed by atoms with Crippen LogP contribution in [-0.4, -0.2) is 6.29 Å². The molecule has 0 aliphatic rings. The van der Waals surface area contributed by atoms with Crippen molar-refractivity contribution >= 4 is 17.1 Å². The van der Waals surface area contributed by atoms with Crippen molar-refractivity contribution in [3.05, 3.63) is 48.0 Å². The molecule has 2 rings (SSSR count). The van der Waals surface area contributed by atoms with Gasteiger partial charge in [-0.2, -0.15) is 0 Å². The fourth-order valence-electron chi connectivity index (χ4n) is 2.20. The van der Waals surface area contributed by atoms with Crippen LogP contribution in [0, 0.1) is 0 Å². The Kier molecular flexibility index (Phi) is 4.31. The van der Waals surface area contributed by atoms with Crippen molar-refractivity contribution in [2.75, 3.05) is 0 Å². The van der Waals surface area contributed by atoms with Crippen LogP contribution in [0.2, 0.25) is 0 Å². The molecule has 1 nitrogen and oxygen atoms in total.